The molecule has 5 N–H and O–H groups in total. The van der Waals surface area contributed by atoms with Crippen molar-refractivity contribution in [1.82, 2.24) is 0 Å². The number of amides is 1. The van der Waals surface area contributed by atoms with Crippen LogP contribution < -0.4 is 16.2 Å². The zero-order chi connectivity index (χ0) is 14.9. The molecule has 1 aromatic carbocycles. The molecule has 1 saturated carbocycles. The molecule has 1 fully saturated rings. The van der Waals surface area contributed by atoms with Crippen LogP contribution in [0.15, 0.2) is 23.1 Å². The van der Waals surface area contributed by atoms with Crippen LogP contribution in [0.4, 0.5) is 5.69 Å². The van der Waals surface area contributed by atoms with Crippen LogP contribution in [0.5, 0.6) is 0 Å². The van der Waals surface area contributed by atoms with Gasteiger partial charge >= 0.3 is 0 Å². The summed E-state index contributed by atoms with van der Waals surface area (Å²) in [6, 6.07) is 4.28. The number of carbonyl (C=O) groups excluding carboxylic acids is 1. The smallest absolute Gasteiger partial charge is 0.238 e. The van der Waals surface area contributed by atoms with Gasteiger partial charge in [0, 0.05) is 11.7 Å². The van der Waals surface area contributed by atoms with Crippen LogP contribution in [0.3, 0.4) is 0 Å². The fourth-order valence-corrected chi connectivity index (χ4v) is 2.99. The topological polar surface area (TPSA) is 115 Å². The summed E-state index contributed by atoms with van der Waals surface area (Å²) in [7, 11) is -3.78. The Morgan fingerprint density at radius 3 is 2.60 bits per heavy atom. The van der Waals surface area contributed by atoms with E-state index in [9.17, 15) is 13.2 Å². The molecule has 0 heterocycles. The normalized spacial score (nSPS) is 22.8. The van der Waals surface area contributed by atoms with Crippen molar-refractivity contribution in [2.45, 2.75) is 37.1 Å². The molecular formula is C13H19N3O3S. The lowest BCUT2D eigenvalue weighted by atomic mass is 10.0. The first-order chi connectivity index (χ1) is 9.29. The highest BCUT2D eigenvalue weighted by molar-refractivity contribution is 7.89. The van der Waals surface area contributed by atoms with Crippen LogP contribution in [0.25, 0.3) is 0 Å². The quantitative estimate of drug-likeness (QED) is 0.762. The summed E-state index contributed by atoms with van der Waals surface area (Å²) in [5.41, 5.74) is 7.13. The van der Waals surface area contributed by atoms with E-state index in [1.165, 1.54) is 12.1 Å². The van der Waals surface area contributed by atoms with Crippen molar-refractivity contribution in [3.05, 3.63) is 23.8 Å². The van der Waals surface area contributed by atoms with Gasteiger partial charge in [0.05, 0.1) is 10.8 Å². The average molecular weight is 297 g/mol. The standard InChI is InChI=1S/C13H19N3O3S/c1-8-5-6-9(20(15,18)19)7-12(8)16-13(17)10-3-2-4-11(10)14/h5-7,10-11H,2-4,14H2,1H3,(H,16,17)(H2,15,18,19). The van der Waals surface area contributed by atoms with E-state index in [-0.39, 0.29) is 22.8 Å². The molecule has 0 saturated heterocycles. The van der Waals surface area contributed by atoms with Gasteiger partial charge in [0.1, 0.15) is 0 Å². The van der Waals surface area contributed by atoms with E-state index in [0.717, 1.165) is 24.8 Å². The predicted molar refractivity (Wildman–Crippen MR) is 76.5 cm³/mol. The van der Waals surface area contributed by atoms with Crippen LogP contribution in [-0.2, 0) is 14.8 Å². The Morgan fingerprint density at radius 2 is 2.05 bits per heavy atom. The highest BCUT2D eigenvalue weighted by Crippen LogP contribution is 2.26. The van der Waals surface area contributed by atoms with Crippen molar-refractivity contribution in [3.63, 3.8) is 0 Å². The molecule has 2 unspecified atom stereocenters. The third kappa shape index (κ3) is 3.17. The fraction of sp³-hybridized carbons (Fsp3) is 0.462. The van der Waals surface area contributed by atoms with Crippen LogP contribution >= 0.6 is 0 Å². The molecule has 0 radical (unpaired) electrons. The number of benzene rings is 1. The van der Waals surface area contributed by atoms with Gasteiger partial charge in [0.15, 0.2) is 0 Å². The molecule has 2 atom stereocenters. The summed E-state index contributed by atoms with van der Waals surface area (Å²) < 4.78 is 22.7. The van der Waals surface area contributed by atoms with E-state index >= 15 is 0 Å². The van der Waals surface area contributed by atoms with Gasteiger partial charge in [-0.2, -0.15) is 0 Å². The van der Waals surface area contributed by atoms with Crippen LogP contribution in [0.1, 0.15) is 24.8 Å². The zero-order valence-electron chi connectivity index (χ0n) is 11.3. The summed E-state index contributed by atoms with van der Waals surface area (Å²) in [4.78, 5) is 12.1. The van der Waals surface area contributed by atoms with Crippen molar-refractivity contribution in [2.24, 2.45) is 16.8 Å². The third-order valence-electron chi connectivity index (χ3n) is 3.70. The maximum Gasteiger partial charge on any atom is 0.238 e. The second kappa shape index (κ2) is 5.51. The van der Waals surface area contributed by atoms with Crippen LogP contribution in [0, 0.1) is 12.8 Å². The SMILES string of the molecule is Cc1ccc(S(N)(=O)=O)cc1NC(=O)C1CCCC1N. The number of sulfonamides is 1. The summed E-state index contributed by atoms with van der Waals surface area (Å²) >= 11 is 0. The number of carbonyl (C=O) groups is 1. The minimum Gasteiger partial charge on any atom is -0.327 e. The number of nitrogens with two attached hydrogens (primary N) is 2. The molecular weight excluding hydrogens is 278 g/mol. The largest absolute Gasteiger partial charge is 0.327 e. The Bertz CT molecular complexity index is 628. The molecule has 110 valence electrons. The van der Waals surface area contributed by atoms with Gasteiger partial charge < -0.3 is 11.1 Å². The summed E-state index contributed by atoms with van der Waals surface area (Å²) in [6.45, 7) is 1.79. The first-order valence-corrected chi connectivity index (χ1v) is 8.03. The Balaban J connectivity index is 2.22. The van der Waals surface area contributed by atoms with Gasteiger partial charge in [0.25, 0.3) is 0 Å². The number of hydrogen-bond donors (Lipinski definition) is 3. The Hall–Kier alpha value is -1.44. The maximum atomic E-state index is 12.2. The van der Waals surface area contributed by atoms with Gasteiger partial charge in [0.2, 0.25) is 15.9 Å². The third-order valence-corrected chi connectivity index (χ3v) is 4.61. The van der Waals surface area contributed by atoms with Crippen molar-refractivity contribution in [1.29, 1.82) is 0 Å². The van der Waals surface area contributed by atoms with E-state index in [1.807, 2.05) is 0 Å². The van der Waals surface area contributed by atoms with Gasteiger partial charge in [-0.15, -0.1) is 0 Å². The molecule has 0 aliphatic heterocycles. The number of rotatable bonds is 3. The molecule has 0 spiro atoms. The van der Waals surface area contributed by atoms with E-state index < -0.39 is 10.0 Å². The van der Waals surface area contributed by atoms with Crippen molar-refractivity contribution in [2.75, 3.05) is 5.32 Å². The number of aryl methyl sites for hydroxylation is 1. The number of anilines is 1. The van der Waals surface area contributed by atoms with Gasteiger partial charge in [-0.05, 0) is 37.5 Å². The average Bonchev–Trinajstić information content (AvgIpc) is 2.77. The van der Waals surface area contributed by atoms with Crippen molar-refractivity contribution in [3.8, 4) is 0 Å². The molecule has 6 nitrogen and oxygen atoms in total. The zero-order valence-corrected chi connectivity index (χ0v) is 12.1. The monoisotopic (exact) mass is 297 g/mol. The molecule has 1 aliphatic rings. The Kier molecular flexibility index (Phi) is 4.12. The molecule has 0 bridgehead atoms. The van der Waals surface area contributed by atoms with E-state index in [0.29, 0.717) is 5.69 Å². The fourth-order valence-electron chi connectivity index (χ4n) is 2.45. The van der Waals surface area contributed by atoms with Crippen LogP contribution in [0.2, 0.25) is 0 Å². The summed E-state index contributed by atoms with van der Waals surface area (Å²) in [5, 5.41) is 7.85. The maximum absolute atomic E-state index is 12.2. The molecule has 0 aromatic heterocycles. The van der Waals surface area contributed by atoms with E-state index in [4.69, 9.17) is 10.9 Å². The lowest BCUT2D eigenvalue weighted by molar-refractivity contribution is -0.120. The van der Waals surface area contributed by atoms with Gasteiger partial charge in [-0.1, -0.05) is 12.5 Å². The minimum atomic E-state index is -3.78. The molecule has 1 aromatic rings. The van der Waals surface area contributed by atoms with Crippen molar-refractivity contribution >= 4 is 21.6 Å². The Labute approximate surface area is 118 Å². The summed E-state index contributed by atoms with van der Waals surface area (Å²) in [6.07, 6.45) is 2.55. The minimum absolute atomic E-state index is 0.0193. The highest BCUT2D eigenvalue weighted by atomic mass is 32.2. The number of nitrogens with one attached hydrogen (secondary N) is 1. The predicted octanol–water partition coefficient (Wildman–Crippen LogP) is 0.708. The highest BCUT2D eigenvalue weighted by Gasteiger charge is 2.30. The number of hydrogen-bond acceptors (Lipinski definition) is 4. The molecule has 2 rings (SSSR count). The molecule has 1 aliphatic carbocycles. The lowest BCUT2D eigenvalue weighted by Gasteiger charge is -2.16. The first kappa shape index (κ1) is 15.0. The lowest BCUT2D eigenvalue weighted by Crippen LogP contribution is -2.34. The van der Waals surface area contributed by atoms with E-state index in [1.54, 1.807) is 13.0 Å². The summed E-state index contributed by atoms with van der Waals surface area (Å²) in [5.74, 6) is -0.378. The Morgan fingerprint density at radius 1 is 1.35 bits per heavy atom. The molecule has 7 heteroatoms. The van der Waals surface area contributed by atoms with Crippen LogP contribution in [-0.4, -0.2) is 20.4 Å². The van der Waals surface area contributed by atoms with Gasteiger partial charge in [-0.25, -0.2) is 13.6 Å². The van der Waals surface area contributed by atoms with E-state index in [2.05, 4.69) is 5.32 Å². The molecule has 20 heavy (non-hydrogen) atoms. The second-order valence-corrected chi connectivity index (χ2v) is 6.77. The second-order valence-electron chi connectivity index (χ2n) is 5.21. The number of primary sulfonamides is 1. The molecule has 1 amide bonds. The van der Waals surface area contributed by atoms with Gasteiger partial charge in [-0.3, -0.25) is 4.79 Å². The van der Waals surface area contributed by atoms with Crippen molar-refractivity contribution < 1.29 is 13.2 Å². The first-order valence-electron chi connectivity index (χ1n) is 6.49.